The van der Waals surface area contributed by atoms with Crippen molar-refractivity contribution in [1.29, 1.82) is 0 Å². The van der Waals surface area contributed by atoms with Crippen molar-refractivity contribution in [3.8, 4) is 17.3 Å². The maximum atomic E-state index is 5.58. The lowest BCUT2D eigenvalue weighted by molar-refractivity contribution is 0.148. The fourth-order valence-corrected chi connectivity index (χ4v) is 3.97. The zero-order valence-electron chi connectivity index (χ0n) is 17.4. The molecular weight excluding hydrogens is 382 g/mol. The van der Waals surface area contributed by atoms with Crippen molar-refractivity contribution in [2.45, 2.75) is 32.5 Å². The molecule has 0 unspecified atom stereocenters. The van der Waals surface area contributed by atoms with E-state index in [2.05, 4.69) is 42.4 Å². The molecule has 30 heavy (non-hydrogen) atoms. The number of rotatable bonds is 8. The highest BCUT2D eigenvalue weighted by molar-refractivity contribution is 5.44. The van der Waals surface area contributed by atoms with Crippen LogP contribution in [-0.4, -0.2) is 62.4 Å². The summed E-state index contributed by atoms with van der Waals surface area (Å²) in [7, 11) is 3.44. The molecule has 0 radical (unpaired) electrons. The number of ether oxygens (including phenoxy) is 2. The van der Waals surface area contributed by atoms with Gasteiger partial charge in [-0.3, -0.25) is 9.88 Å². The summed E-state index contributed by atoms with van der Waals surface area (Å²) >= 11 is 0. The number of benzene rings is 1. The predicted octanol–water partition coefficient (Wildman–Crippen LogP) is 2.20. The van der Waals surface area contributed by atoms with Gasteiger partial charge in [-0.1, -0.05) is 6.07 Å². The Kier molecular flexibility index (Phi) is 6.60. The van der Waals surface area contributed by atoms with Gasteiger partial charge in [-0.2, -0.15) is 4.80 Å². The molecule has 158 valence electrons. The molecule has 0 amide bonds. The van der Waals surface area contributed by atoms with Crippen LogP contribution in [0, 0.1) is 5.92 Å². The third-order valence-corrected chi connectivity index (χ3v) is 5.32. The summed E-state index contributed by atoms with van der Waals surface area (Å²) < 4.78 is 10.9. The number of aromatic nitrogens is 6. The Morgan fingerprint density at radius 3 is 2.93 bits per heavy atom. The van der Waals surface area contributed by atoms with Crippen molar-refractivity contribution in [3.05, 3.63) is 47.9 Å². The first kappa shape index (κ1) is 20.4. The van der Waals surface area contributed by atoms with E-state index in [9.17, 15) is 0 Å². The van der Waals surface area contributed by atoms with Gasteiger partial charge in [0, 0.05) is 38.2 Å². The Bertz CT molecular complexity index is 948. The second-order valence-electron chi connectivity index (χ2n) is 7.58. The van der Waals surface area contributed by atoms with E-state index < -0.39 is 0 Å². The zero-order valence-corrected chi connectivity index (χ0v) is 17.4. The van der Waals surface area contributed by atoms with Gasteiger partial charge in [0.15, 0.2) is 0 Å². The zero-order chi connectivity index (χ0) is 20.8. The normalized spacial score (nSPS) is 17.2. The van der Waals surface area contributed by atoms with Crippen molar-refractivity contribution in [3.63, 3.8) is 0 Å². The van der Waals surface area contributed by atoms with Crippen molar-refractivity contribution in [2.24, 2.45) is 5.92 Å². The fourth-order valence-electron chi connectivity index (χ4n) is 3.97. The molecule has 0 saturated carbocycles. The molecule has 1 saturated heterocycles. The van der Waals surface area contributed by atoms with E-state index in [0.29, 0.717) is 24.0 Å². The first-order chi connectivity index (χ1) is 14.7. The van der Waals surface area contributed by atoms with E-state index in [1.165, 1.54) is 5.56 Å². The Balaban J connectivity index is 1.39. The number of hydrogen-bond acceptors (Lipinski definition) is 8. The van der Waals surface area contributed by atoms with Crippen LogP contribution in [0.15, 0.2) is 36.8 Å². The van der Waals surface area contributed by atoms with E-state index in [-0.39, 0.29) is 0 Å². The van der Waals surface area contributed by atoms with Gasteiger partial charge in [0.1, 0.15) is 11.4 Å². The fraction of sp³-hybridized carbons (Fsp3) is 0.476. The van der Waals surface area contributed by atoms with Gasteiger partial charge < -0.3 is 9.47 Å². The first-order valence-corrected chi connectivity index (χ1v) is 10.2. The smallest absolute Gasteiger partial charge is 0.224 e. The van der Waals surface area contributed by atoms with Crippen LogP contribution in [-0.2, 0) is 24.4 Å². The predicted molar refractivity (Wildman–Crippen MR) is 111 cm³/mol. The highest BCUT2D eigenvalue weighted by Crippen LogP contribution is 2.25. The van der Waals surface area contributed by atoms with Gasteiger partial charge in [-0.15, -0.1) is 10.2 Å². The third kappa shape index (κ3) is 4.98. The SMILES string of the molecule is COCc1ccc(OC)c(CN2CCC[C@@H](Cn3nnc(-c4cnccn4)n3)C2)c1. The molecule has 1 atom stereocenters. The average molecular weight is 409 g/mol. The standard InChI is InChI=1S/C21H27N7O2/c1-29-15-16-5-6-20(30-2)18(10-16)14-27-9-3-4-17(12-27)13-28-25-21(24-26-28)19-11-22-7-8-23-19/h5-8,10-11,17H,3-4,9,12-15H2,1-2H3/t17-/m1/s1. The van der Waals surface area contributed by atoms with Crippen LogP contribution in [0.25, 0.3) is 11.5 Å². The minimum Gasteiger partial charge on any atom is -0.496 e. The van der Waals surface area contributed by atoms with Crippen molar-refractivity contribution < 1.29 is 9.47 Å². The number of piperidine rings is 1. The van der Waals surface area contributed by atoms with Gasteiger partial charge >= 0.3 is 0 Å². The molecule has 2 aromatic heterocycles. The highest BCUT2D eigenvalue weighted by atomic mass is 16.5. The van der Waals surface area contributed by atoms with E-state index in [4.69, 9.17) is 9.47 Å². The van der Waals surface area contributed by atoms with E-state index in [1.807, 2.05) is 6.07 Å². The van der Waals surface area contributed by atoms with Crippen LogP contribution in [0.5, 0.6) is 5.75 Å². The average Bonchev–Trinajstić information content (AvgIpc) is 3.24. The summed E-state index contributed by atoms with van der Waals surface area (Å²) in [5.74, 6) is 1.90. The number of likely N-dealkylation sites (tertiary alicyclic amines) is 1. The Morgan fingerprint density at radius 1 is 1.20 bits per heavy atom. The lowest BCUT2D eigenvalue weighted by Gasteiger charge is -2.32. The molecule has 0 N–H and O–H groups in total. The summed E-state index contributed by atoms with van der Waals surface area (Å²) in [6, 6.07) is 6.26. The van der Waals surface area contributed by atoms with Gasteiger partial charge in [-0.05, 0) is 48.2 Å². The minimum atomic E-state index is 0.468. The molecular formula is C21H27N7O2. The number of hydrogen-bond donors (Lipinski definition) is 0. The Labute approximate surface area is 176 Å². The molecule has 3 heterocycles. The number of methoxy groups -OCH3 is 2. The van der Waals surface area contributed by atoms with Crippen LogP contribution < -0.4 is 4.74 Å². The third-order valence-electron chi connectivity index (χ3n) is 5.32. The lowest BCUT2D eigenvalue weighted by atomic mass is 9.97. The van der Waals surface area contributed by atoms with Crippen LogP contribution in [0.4, 0.5) is 0 Å². The molecule has 1 fully saturated rings. The maximum Gasteiger partial charge on any atom is 0.224 e. The van der Waals surface area contributed by atoms with Crippen LogP contribution >= 0.6 is 0 Å². The summed E-state index contributed by atoms with van der Waals surface area (Å²) in [6.07, 6.45) is 7.21. The van der Waals surface area contributed by atoms with Crippen LogP contribution in [0.2, 0.25) is 0 Å². The molecule has 1 aliphatic rings. The topological polar surface area (TPSA) is 91.1 Å². The molecule has 3 aromatic rings. The van der Waals surface area contributed by atoms with E-state index >= 15 is 0 Å². The molecule has 9 nitrogen and oxygen atoms in total. The van der Waals surface area contributed by atoms with Gasteiger partial charge in [0.05, 0.1) is 26.5 Å². The maximum absolute atomic E-state index is 5.58. The van der Waals surface area contributed by atoms with Crippen molar-refractivity contribution in [2.75, 3.05) is 27.3 Å². The van der Waals surface area contributed by atoms with Crippen LogP contribution in [0.1, 0.15) is 24.0 Å². The quantitative estimate of drug-likeness (QED) is 0.559. The summed E-state index contributed by atoms with van der Waals surface area (Å²) in [5, 5.41) is 12.8. The highest BCUT2D eigenvalue weighted by Gasteiger charge is 2.22. The summed E-state index contributed by atoms with van der Waals surface area (Å²) in [4.78, 5) is 12.5. The summed E-state index contributed by atoms with van der Waals surface area (Å²) in [5.41, 5.74) is 2.98. The Morgan fingerprint density at radius 2 is 2.13 bits per heavy atom. The second-order valence-corrected chi connectivity index (χ2v) is 7.58. The lowest BCUT2D eigenvalue weighted by Crippen LogP contribution is -2.37. The Hall–Kier alpha value is -2.91. The molecule has 9 heteroatoms. The van der Waals surface area contributed by atoms with E-state index in [1.54, 1.807) is 37.6 Å². The molecule has 0 bridgehead atoms. The molecule has 1 aromatic carbocycles. The van der Waals surface area contributed by atoms with Gasteiger partial charge in [0.25, 0.3) is 0 Å². The molecule has 0 aliphatic carbocycles. The first-order valence-electron chi connectivity index (χ1n) is 10.2. The van der Waals surface area contributed by atoms with Gasteiger partial charge in [-0.25, -0.2) is 4.98 Å². The summed E-state index contributed by atoms with van der Waals surface area (Å²) in [6.45, 7) is 4.26. The second kappa shape index (κ2) is 9.73. The number of tetrazole rings is 1. The van der Waals surface area contributed by atoms with Crippen LogP contribution in [0.3, 0.4) is 0 Å². The van der Waals surface area contributed by atoms with Crippen molar-refractivity contribution >= 4 is 0 Å². The monoisotopic (exact) mass is 409 g/mol. The molecule has 1 aliphatic heterocycles. The van der Waals surface area contributed by atoms with Crippen molar-refractivity contribution in [1.82, 2.24) is 35.1 Å². The van der Waals surface area contributed by atoms with Gasteiger partial charge in [0.2, 0.25) is 5.82 Å². The molecule has 0 spiro atoms. The van der Waals surface area contributed by atoms with E-state index in [0.717, 1.165) is 50.3 Å². The molecule has 4 rings (SSSR count). The number of nitrogens with zero attached hydrogens (tertiary/aromatic N) is 7. The minimum absolute atomic E-state index is 0.468. The largest absolute Gasteiger partial charge is 0.496 e.